The summed E-state index contributed by atoms with van der Waals surface area (Å²) in [5.74, 6) is 6.82. The summed E-state index contributed by atoms with van der Waals surface area (Å²) in [5, 5.41) is 40.0. The zero-order valence-corrected chi connectivity index (χ0v) is 18.1. The van der Waals surface area contributed by atoms with E-state index < -0.39 is 37.1 Å². The van der Waals surface area contributed by atoms with Crippen molar-refractivity contribution in [3.63, 3.8) is 0 Å². The van der Waals surface area contributed by atoms with Crippen LogP contribution in [0.4, 0.5) is 0 Å². The average molecular weight is 439 g/mol. The highest BCUT2D eigenvalue weighted by Crippen LogP contribution is 2.33. The molecule has 6 atom stereocenters. The number of hydrogen-bond donors (Lipinski definition) is 4. The van der Waals surface area contributed by atoms with Crippen molar-refractivity contribution < 1.29 is 29.9 Å². The van der Waals surface area contributed by atoms with Gasteiger partial charge in [0.15, 0.2) is 0 Å². The van der Waals surface area contributed by atoms with Crippen molar-refractivity contribution in [2.24, 2.45) is 5.92 Å². The highest BCUT2D eigenvalue weighted by molar-refractivity contribution is 5.40. The van der Waals surface area contributed by atoms with Gasteiger partial charge in [-0.25, -0.2) is 0 Å². The van der Waals surface area contributed by atoms with Crippen LogP contribution in [0, 0.1) is 24.7 Å². The molecule has 0 aliphatic carbocycles. The van der Waals surface area contributed by atoms with Crippen molar-refractivity contribution >= 4 is 0 Å². The maximum absolute atomic E-state index is 10.4. The molecule has 2 aromatic carbocycles. The Balaban J connectivity index is 1.49. The molecule has 32 heavy (non-hydrogen) atoms. The molecule has 0 bridgehead atoms. The third-order valence-corrected chi connectivity index (χ3v) is 6.29. The molecule has 0 saturated carbocycles. The summed E-state index contributed by atoms with van der Waals surface area (Å²) in [7, 11) is 0. The molecule has 2 saturated heterocycles. The van der Waals surface area contributed by atoms with Gasteiger partial charge in [0, 0.05) is 18.1 Å². The molecule has 2 aliphatic rings. The molecule has 4 rings (SSSR count). The van der Waals surface area contributed by atoms with Crippen LogP contribution in [0.5, 0.6) is 0 Å². The fraction of sp³-hybridized carbons (Fsp3) is 0.462. The summed E-state index contributed by atoms with van der Waals surface area (Å²) in [6, 6.07) is 13.9. The minimum atomic E-state index is -1.39. The molecule has 0 radical (unpaired) electrons. The summed E-state index contributed by atoms with van der Waals surface area (Å²) < 4.78 is 11.1. The minimum Gasteiger partial charge on any atom is -0.394 e. The smallest absolute Gasteiger partial charge is 0.113 e. The van der Waals surface area contributed by atoms with E-state index in [1.54, 1.807) is 0 Å². The van der Waals surface area contributed by atoms with Gasteiger partial charge in [-0.1, -0.05) is 42.2 Å². The van der Waals surface area contributed by atoms with Gasteiger partial charge in [-0.3, -0.25) is 0 Å². The van der Waals surface area contributed by atoms with Crippen molar-refractivity contribution in [3.05, 3.63) is 70.3 Å². The van der Waals surface area contributed by atoms with Crippen molar-refractivity contribution in [1.82, 2.24) is 0 Å². The van der Waals surface area contributed by atoms with E-state index in [1.807, 2.05) is 37.3 Å². The first-order valence-corrected chi connectivity index (χ1v) is 11.0. The summed E-state index contributed by atoms with van der Waals surface area (Å²) in [4.78, 5) is 0. The van der Waals surface area contributed by atoms with Gasteiger partial charge in [0.1, 0.15) is 30.5 Å². The third kappa shape index (κ3) is 5.05. The van der Waals surface area contributed by atoms with Crippen LogP contribution >= 0.6 is 0 Å². The first-order chi connectivity index (χ1) is 15.5. The van der Waals surface area contributed by atoms with Crippen molar-refractivity contribution in [2.45, 2.75) is 50.3 Å². The molecule has 2 aromatic rings. The fourth-order valence-electron chi connectivity index (χ4n) is 4.20. The van der Waals surface area contributed by atoms with E-state index in [0.717, 1.165) is 41.9 Å². The lowest BCUT2D eigenvalue weighted by Gasteiger charge is -2.40. The van der Waals surface area contributed by atoms with Crippen LogP contribution < -0.4 is 0 Å². The Kier molecular flexibility index (Phi) is 7.27. The van der Waals surface area contributed by atoms with Gasteiger partial charge in [-0.05, 0) is 54.2 Å². The quantitative estimate of drug-likeness (QED) is 0.540. The molecule has 0 spiro atoms. The molecule has 0 unspecified atom stereocenters. The van der Waals surface area contributed by atoms with Gasteiger partial charge in [-0.15, -0.1) is 0 Å². The number of ether oxygens (including phenoxy) is 2. The van der Waals surface area contributed by atoms with E-state index >= 15 is 0 Å². The zero-order chi connectivity index (χ0) is 22.7. The summed E-state index contributed by atoms with van der Waals surface area (Å²) >= 11 is 0. The molecule has 0 amide bonds. The van der Waals surface area contributed by atoms with E-state index in [0.29, 0.717) is 17.9 Å². The highest BCUT2D eigenvalue weighted by atomic mass is 16.5. The van der Waals surface area contributed by atoms with Gasteiger partial charge in [0.25, 0.3) is 0 Å². The maximum atomic E-state index is 10.4. The second kappa shape index (κ2) is 10.1. The van der Waals surface area contributed by atoms with E-state index in [2.05, 4.69) is 24.0 Å². The lowest BCUT2D eigenvalue weighted by molar-refractivity contribution is -0.231. The van der Waals surface area contributed by atoms with Gasteiger partial charge in [-0.2, -0.15) is 0 Å². The van der Waals surface area contributed by atoms with Crippen LogP contribution in [0.1, 0.15) is 40.3 Å². The van der Waals surface area contributed by atoms with Gasteiger partial charge < -0.3 is 29.9 Å². The zero-order valence-electron chi connectivity index (χ0n) is 18.1. The first-order valence-electron chi connectivity index (χ1n) is 11.0. The number of rotatable bonds is 4. The van der Waals surface area contributed by atoms with Crippen LogP contribution in [0.2, 0.25) is 0 Å². The van der Waals surface area contributed by atoms with Crippen molar-refractivity contribution in [3.8, 4) is 11.8 Å². The largest absolute Gasteiger partial charge is 0.394 e. The molecule has 2 aliphatic heterocycles. The van der Waals surface area contributed by atoms with Gasteiger partial charge >= 0.3 is 0 Å². The number of aliphatic hydroxyl groups excluding tert-OH is 4. The van der Waals surface area contributed by atoms with Crippen LogP contribution in [0.3, 0.4) is 0 Å². The van der Waals surface area contributed by atoms with Crippen LogP contribution in [0.25, 0.3) is 0 Å². The predicted octanol–water partition coefficient (Wildman–Crippen LogP) is 1.49. The topological polar surface area (TPSA) is 99.4 Å². The molecule has 6 heteroatoms. The molecular formula is C26H30O6. The maximum Gasteiger partial charge on any atom is 0.113 e. The second-order valence-corrected chi connectivity index (χ2v) is 8.64. The van der Waals surface area contributed by atoms with Crippen LogP contribution in [-0.2, 0) is 15.9 Å². The van der Waals surface area contributed by atoms with Crippen molar-refractivity contribution in [1.29, 1.82) is 0 Å². The molecule has 6 nitrogen and oxygen atoms in total. The number of benzene rings is 2. The van der Waals surface area contributed by atoms with Gasteiger partial charge in [0.05, 0.1) is 13.2 Å². The molecule has 4 N–H and O–H groups in total. The third-order valence-electron chi connectivity index (χ3n) is 6.29. The molecule has 170 valence electrons. The average Bonchev–Trinajstić information content (AvgIpc) is 3.33. The SMILES string of the molecule is Cc1ccc([C@@H]2O[C@H](CO)[C@@H](O)[C@H](O)[C@H]2O)cc1Cc1ccc(C#C[C@@H]2CCOC2)cc1. The van der Waals surface area contributed by atoms with Crippen LogP contribution in [-0.4, -0.2) is 64.7 Å². The molecule has 2 fully saturated rings. The van der Waals surface area contributed by atoms with E-state index in [4.69, 9.17) is 9.47 Å². The number of aliphatic hydroxyl groups is 4. The fourth-order valence-corrected chi connectivity index (χ4v) is 4.20. The summed E-state index contributed by atoms with van der Waals surface area (Å²) in [6.07, 6.45) is -4.10. The van der Waals surface area contributed by atoms with E-state index in [-0.39, 0.29) is 0 Å². The number of hydrogen-bond acceptors (Lipinski definition) is 6. The van der Waals surface area contributed by atoms with Crippen LogP contribution in [0.15, 0.2) is 42.5 Å². The lowest BCUT2D eigenvalue weighted by atomic mass is 9.89. The lowest BCUT2D eigenvalue weighted by Crippen LogP contribution is -2.55. The molecular weight excluding hydrogens is 408 g/mol. The van der Waals surface area contributed by atoms with Gasteiger partial charge in [0.2, 0.25) is 0 Å². The highest BCUT2D eigenvalue weighted by Gasteiger charge is 2.43. The Hall–Kier alpha value is -2.24. The standard InChI is InChI=1S/C26H30O6/c1-16-2-9-20(26-25(30)24(29)23(28)22(14-27)32-26)13-21(16)12-18-6-3-17(4-7-18)5-8-19-10-11-31-15-19/h2-4,6-7,9,13,19,22-30H,10-12,14-15H2,1H3/t19-,22-,23-,24+,25-,26+/m1/s1. The normalized spacial score (nSPS) is 30.0. The molecule has 0 aromatic heterocycles. The Morgan fingerprint density at radius 1 is 1.00 bits per heavy atom. The van der Waals surface area contributed by atoms with E-state index in [1.165, 1.54) is 0 Å². The van der Waals surface area contributed by atoms with Crippen molar-refractivity contribution in [2.75, 3.05) is 19.8 Å². The number of aryl methyl sites for hydroxylation is 1. The Bertz CT molecular complexity index is 968. The molecule has 2 heterocycles. The van der Waals surface area contributed by atoms with E-state index in [9.17, 15) is 20.4 Å². The Labute approximate surface area is 188 Å². The Morgan fingerprint density at radius 3 is 2.47 bits per heavy atom. The minimum absolute atomic E-state index is 0.322. The predicted molar refractivity (Wildman–Crippen MR) is 119 cm³/mol. The Morgan fingerprint density at radius 2 is 1.78 bits per heavy atom. The summed E-state index contributed by atoms with van der Waals surface area (Å²) in [6.45, 7) is 3.09. The summed E-state index contributed by atoms with van der Waals surface area (Å²) in [5.41, 5.74) is 4.98. The first kappa shape index (κ1) is 22.9. The monoisotopic (exact) mass is 438 g/mol. The second-order valence-electron chi connectivity index (χ2n) is 8.64.